The molecule has 2 aromatic carbocycles. The highest BCUT2D eigenvalue weighted by atomic mass is 32.2. The predicted molar refractivity (Wildman–Crippen MR) is 122 cm³/mol. The molecule has 12 nitrogen and oxygen atoms in total. The lowest BCUT2D eigenvalue weighted by Crippen LogP contribution is -2.00. The summed E-state index contributed by atoms with van der Waals surface area (Å²) < 4.78 is 25.8. The Morgan fingerprint density at radius 1 is 1.09 bits per heavy atom. The van der Waals surface area contributed by atoms with Crippen molar-refractivity contribution in [2.24, 2.45) is 5.18 Å². The van der Waals surface area contributed by atoms with E-state index in [-0.39, 0.29) is 43.2 Å². The Balaban J connectivity index is 1.56. The summed E-state index contributed by atoms with van der Waals surface area (Å²) in [6.45, 7) is 0. The molecule has 166 valence electrons. The second-order valence-corrected chi connectivity index (χ2v) is 10.1. The van der Waals surface area contributed by atoms with Gasteiger partial charge in [0, 0.05) is 11.5 Å². The van der Waals surface area contributed by atoms with Crippen molar-refractivity contribution in [2.75, 3.05) is 11.1 Å². The van der Waals surface area contributed by atoms with Crippen LogP contribution in [0, 0.1) is 4.91 Å². The number of nitrogens with two attached hydrogens (primary N) is 1. The standard InChI is InChI=1S/C19H13N7O5S2/c20-18-23-16-15(10-5-12(27)13(28)6-11(10)22-16)17(24-18)25-19-21-7-14(32-19)33(30,31)9-3-1-8(26-29)2-4-9/h1-7,27-28H,(H4,20,21,22,23,24,25). The number of phenolic OH excluding ortho intramolecular Hbond substituents is 2. The van der Waals surface area contributed by atoms with Gasteiger partial charge in [0.2, 0.25) is 15.8 Å². The Morgan fingerprint density at radius 2 is 1.82 bits per heavy atom. The van der Waals surface area contributed by atoms with Gasteiger partial charge in [-0.2, -0.15) is 9.97 Å². The molecule has 0 saturated carbocycles. The molecule has 0 unspecified atom stereocenters. The van der Waals surface area contributed by atoms with Gasteiger partial charge in [0.1, 0.15) is 21.4 Å². The van der Waals surface area contributed by atoms with Gasteiger partial charge in [-0.1, -0.05) is 11.3 Å². The third-order valence-corrected chi connectivity index (χ3v) is 7.93. The van der Waals surface area contributed by atoms with E-state index < -0.39 is 9.84 Å². The van der Waals surface area contributed by atoms with Gasteiger partial charge in [-0.15, -0.1) is 4.91 Å². The number of aromatic hydroxyl groups is 2. The summed E-state index contributed by atoms with van der Waals surface area (Å²) in [5.74, 6) is -0.465. The predicted octanol–water partition coefficient (Wildman–Crippen LogP) is 3.54. The fourth-order valence-corrected chi connectivity index (χ4v) is 5.71. The summed E-state index contributed by atoms with van der Waals surface area (Å²) in [5.41, 5.74) is 6.76. The van der Waals surface area contributed by atoms with E-state index in [1.54, 1.807) is 0 Å². The molecule has 0 fully saturated rings. The van der Waals surface area contributed by atoms with Crippen LogP contribution in [0.3, 0.4) is 0 Å². The number of rotatable bonds is 5. The highest BCUT2D eigenvalue weighted by Crippen LogP contribution is 2.38. The average Bonchev–Trinajstić information content (AvgIpc) is 3.39. The number of nitrogens with one attached hydrogen (secondary N) is 2. The number of sulfone groups is 1. The molecular weight excluding hydrogens is 470 g/mol. The van der Waals surface area contributed by atoms with Gasteiger partial charge in [-0.25, -0.2) is 13.4 Å². The van der Waals surface area contributed by atoms with Crippen LogP contribution in [0.25, 0.3) is 21.9 Å². The molecule has 14 heteroatoms. The molecule has 5 aromatic rings. The smallest absolute Gasteiger partial charge is 0.224 e. The monoisotopic (exact) mass is 483 g/mol. The normalized spacial score (nSPS) is 11.8. The van der Waals surface area contributed by atoms with E-state index in [0.29, 0.717) is 21.9 Å². The summed E-state index contributed by atoms with van der Waals surface area (Å²) in [7, 11) is -3.87. The Kier molecular flexibility index (Phi) is 4.61. The van der Waals surface area contributed by atoms with Crippen LogP contribution < -0.4 is 11.1 Å². The number of aromatic amines is 1. The molecule has 0 aliphatic carbocycles. The highest BCUT2D eigenvalue weighted by molar-refractivity contribution is 7.93. The third kappa shape index (κ3) is 3.46. The summed E-state index contributed by atoms with van der Waals surface area (Å²) in [5, 5.41) is 26.6. The molecule has 3 aromatic heterocycles. The van der Waals surface area contributed by atoms with Crippen molar-refractivity contribution < 1.29 is 18.6 Å². The van der Waals surface area contributed by atoms with Crippen LogP contribution >= 0.6 is 11.3 Å². The molecule has 6 N–H and O–H groups in total. The average molecular weight is 483 g/mol. The number of nitroso groups, excluding NO2 is 1. The molecule has 0 aliphatic rings. The number of hydrogen-bond acceptors (Lipinski definition) is 12. The van der Waals surface area contributed by atoms with Gasteiger partial charge in [0.15, 0.2) is 16.6 Å². The van der Waals surface area contributed by atoms with E-state index in [0.717, 1.165) is 11.3 Å². The number of hydrogen-bond donors (Lipinski definition) is 5. The zero-order valence-electron chi connectivity index (χ0n) is 16.3. The van der Waals surface area contributed by atoms with Crippen molar-refractivity contribution in [3.63, 3.8) is 0 Å². The quantitative estimate of drug-likeness (QED) is 0.182. The minimum Gasteiger partial charge on any atom is -0.504 e. The van der Waals surface area contributed by atoms with Crippen molar-refractivity contribution >= 4 is 65.7 Å². The van der Waals surface area contributed by atoms with Gasteiger partial charge in [0.05, 0.1) is 22.0 Å². The van der Waals surface area contributed by atoms with E-state index in [1.807, 2.05) is 0 Å². The Hall–Kier alpha value is -4.30. The molecule has 3 heterocycles. The fraction of sp³-hybridized carbons (Fsp3) is 0. The maximum atomic E-state index is 12.9. The molecular formula is C19H13N7O5S2. The van der Waals surface area contributed by atoms with Crippen LogP contribution in [0.15, 0.2) is 56.9 Å². The Bertz CT molecular complexity index is 1660. The second kappa shape index (κ2) is 7.39. The first-order chi connectivity index (χ1) is 15.8. The van der Waals surface area contributed by atoms with Crippen molar-refractivity contribution in [1.29, 1.82) is 0 Å². The SMILES string of the molecule is Nc1nc(Nc2ncc(S(=O)(=O)c3ccc(N=O)cc3)s2)c2c(n1)[nH]c1cc(O)c(O)cc12. The van der Waals surface area contributed by atoms with Crippen LogP contribution in [0.4, 0.5) is 22.6 Å². The van der Waals surface area contributed by atoms with Crippen LogP contribution in [-0.2, 0) is 9.84 Å². The zero-order chi connectivity index (χ0) is 23.3. The molecule has 0 atom stereocenters. The lowest BCUT2D eigenvalue weighted by atomic mass is 10.2. The third-order valence-electron chi connectivity index (χ3n) is 4.79. The fourth-order valence-electron chi connectivity index (χ4n) is 3.27. The van der Waals surface area contributed by atoms with Gasteiger partial charge >= 0.3 is 0 Å². The van der Waals surface area contributed by atoms with Crippen molar-refractivity contribution in [1.82, 2.24) is 19.9 Å². The lowest BCUT2D eigenvalue weighted by Gasteiger charge is -2.05. The Morgan fingerprint density at radius 3 is 2.55 bits per heavy atom. The Labute approximate surface area is 188 Å². The number of nitrogens with zero attached hydrogens (tertiary/aromatic N) is 4. The number of phenols is 2. The lowest BCUT2D eigenvalue weighted by molar-refractivity contribution is 0.405. The van der Waals surface area contributed by atoms with Gasteiger partial charge in [-0.05, 0) is 35.5 Å². The van der Waals surface area contributed by atoms with Crippen LogP contribution in [0.1, 0.15) is 0 Å². The first kappa shape index (κ1) is 20.6. The first-order valence-electron chi connectivity index (χ1n) is 9.18. The minimum atomic E-state index is -3.87. The highest BCUT2D eigenvalue weighted by Gasteiger charge is 2.22. The number of thiazole rings is 1. The molecule has 33 heavy (non-hydrogen) atoms. The maximum absolute atomic E-state index is 12.9. The first-order valence-corrected chi connectivity index (χ1v) is 11.5. The van der Waals surface area contributed by atoms with Gasteiger partial charge in [0.25, 0.3) is 0 Å². The molecule has 0 aliphatic heterocycles. The summed E-state index contributed by atoms with van der Waals surface area (Å²) in [6, 6.07) is 7.90. The number of anilines is 3. The largest absolute Gasteiger partial charge is 0.504 e. The summed E-state index contributed by atoms with van der Waals surface area (Å²) >= 11 is 0.871. The van der Waals surface area contributed by atoms with E-state index >= 15 is 0 Å². The van der Waals surface area contributed by atoms with E-state index in [1.165, 1.54) is 42.6 Å². The van der Waals surface area contributed by atoms with Crippen LogP contribution in [0.5, 0.6) is 11.5 Å². The second-order valence-electron chi connectivity index (χ2n) is 6.86. The number of nitrogen functional groups attached to an aromatic ring is 1. The number of fused-ring (bicyclic) bond motifs is 3. The number of aromatic nitrogens is 4. The molecule has 5 rings (SSSR count). The molecule has 0 radical (unpaired) electrons. The molecule has 0 bridgehead atoms. The van der Waals surface area contributed by atoms with Gasteiger partial charge in [-0.3, -0.25) is 0 Å². The van der Waals surface area contributed by atoms with E-state index in [9.17, 15) is 23.5 Å². The van der Waals surface area contributed by atoms with E-state index in [2.05, 4.69) is 30.4 Å². The van der Waals surface area contributed by atoms with Crippen molar-refractivity contribution in [2.45, 2.75) is 9.10 Å². The molecule has 0 spiro atoms. The van der Waals surface area contributed by atoms with Crippen molar-refractivity contribution in [3.8, 4) is 11.5 Å². The molecule has 0 amide bonds. The van der Waals surface area contributed by atoms with Crippen molar-refractivity contribution in [3.05, 3.63) is 47.5 Å². The minimum absolute atomic E-state index is 0.00863. The van der Waals surface area contributed by atoms with Gasteiger partial charge < -0.3 is 26.2 Å². The van der Waals surface area contributed by atoms with Crippen LogP contribution in [0.2, 0.25) is 0 Å². The number of benzene rings is 2. The maximum Gasteiger partial charge on any atom is 0.224 e. The summed E-state index contributed by atoms with van der Waals surface area (Å²) in [6.07, 6.45) is 1.20. The topological polar surface area (TPSA) is 197 Å². The molecule has 0 saturated heterocycles. The summed E-state index contributed by atoms with van der Waals surface area (Å²) in [4.78, 5) is 26.0. The van der Waals surface area contributed by atoms with Crippen LogP contribution in [-0.4, -0.2) is 38.6 Å². The zero-order valence-corrected chi connectivity index (χ0v) is 18.0. The number of H-pyrrole nitrogens is 1. The van der Waals surface area contributed by atoms with E-state index in [4.69, 9.17) is 5.73 Å².